The molecule has 0 radical (unpaired) electrons. The Labute approximate surface area is 121 Å². The summed E-state index contributed by atoms with van der Waals surface area (Å²) in [5.74, 6) is -1.84. The predicted molar refractivity (Wildman–Crippen MR) is 71.5 cm³/mol. The largest absolute Gasteiger partial charge is 0.477 e. The number of cyclic esters (lactones) is 1. The number of carbonyl (C=O) groups is 2. The average molecular weight is 316 g/mol. The van der Waals surface area contributed by atoms with Crippen LogP contribution in [-0.4, -0.2) is 42.7 Å². The molecule has 9 heteroatoms. The van der Waals surface area contributed by atoms with Gasteiger partial charge in [-0.1, -0.05) is 0 Å². The smallest absolute Gasteiger partial charge is 0.352 e. The lowest BCUT2D eigenvalue weighted by molar-refractivity contribution is -0.139. The Morgan fingerprint density at radius 3 is 2.62 bits per heavy atom. The fourth-order valence-corrected chi connectivity index (χ4v) is 3.30. The summed E-state index contributed by atoms with van der Waals surface area (Å²) >= 11 is 0. The summed E-state index contributed by atoms with van der Waals surface area (Å²) in [6.07, 6.45) is 1.51. The highest BCUT2D eigenvalue weighted by atomic mass is 32.2. The molecule has 1 unspecified atom stereocenters. The van der Waals surface area contributed by atoms with E-state index in [9.17, 15) is 18.0 Å². The number of carbonyl (C=O) groups excluding carboxylic acids is 1. The Hall–Kier alpha value is -1.87. The number of aromatic nitrogens is 1. The molecular weight excluding hydrogens is 300 g/mol. The second-order valence-corrected chi connectivity index (χ2v) is 6.71. The van der Waals surface area contributed by atoms with Crippen LogP contribution in [0.2, 0.25) is 0 Å². The van der Waals surface area contributed by atoms with Gasteiger partial charge in [0.05, 0.1) is 6.61 Å². The van der Waals surface area contributed by atoms with Gasteiger partial charge in [-0.2, -0.15) is 4.72 Å². The molecule has 8 nitrogen and oxygen atoms in total. The number of hydrogen-bond acceptors (Lipinski definition) is 5. The maximum atomic E-state index is 12.2. The van der Waals surface area contributed by atoms with Gasteiger partial charge in [-0.3, -0.25) is 4.79 Å². The number of carboxylic acids is 1. The van der Waals surface area contributed by atoms with E-state index in [1.54, 1.807) is 13.8 Å². The fourth-order valence-electron chi connectivity index (χ4n) is 2.06. The molecule has 0 aliphatic carbocycles. The number of sulfonamides is 1. The van der Waals surface area contributed by atoms with Gasteiger partial charge in [0.25, 0.3) is 0 Å². The van der Waals surface area contributed by atoms with E-state index in [0.29, 0.717) is 0 Å². The summed E-state index contributed by atoms with van der Waals surface area (Å²) < 4.78 is 32.7. The first-order chi connectivity index (χ1) is 9.72. The average Bonchev–Trinajstić information content (AvgIpc) is 2.96. The van der Waals surface area contributed by atoms with Gasteiger partial charge in [0, 0.05) is 18.7 Å². The van der Waals surface area contributed by atoms with Crippen molar-refractivity contribution in [3.63, 3.8) is 0 Å². The van der Waals surface area contributed by atoms with Crippen molar-refractivity contribution in [1.82, 2.24) is 9.29 Å². The van der Waals surface area contributed by atoms with Crippen molar-refractivity contribution in [2.24, 2.45) is 0 Å². The normalized spacial score (nSPS) is 19.0. The Kier molecular flexibility index (Phi) is 4.06. The zero-order chi connectivity index (χ0) is 15.8. The number of aromatic carboxylic acids is 1. The standard InChI is InChI=1S/C12H16N2O6S/c1-7(2)14-6-8(5-10(14)11(15)16)21(18,19)13-9-3-4-20-12(9)17/h5-7,9,13H,3-4H2,1-2H3,(H,15,16). The maximum absolute atomic E-state index is 12.2. The molecule has 1 atom stereocenters. The van der Waals surface area contributed by atoms with Crippen LogP contribution in [0.1, 0.15) is 36.8 Å². The van der Waals surface area contributed by atoms with Crippen molar-refractivity contribution < 1.29 is 27.9 Å². The van der Waals surface area contributed by atoms with E-state index >= 15 is 0 Å². The quantitative estimate of drug-likeness (QED) is 0.758. The van der Waals surface area contributed by atoms with Gasteiger partial charge in [0.15, 0.2) is 0 Å². The van der Waals surface area contributed by atoms with Crippen LogP contribution in [-0.2, 0) is 19.6 Å². The monoisotopic (exact) mass is 316 g/mol. The van der Waals surface area contributed by atoms with E-state index in [1.807, 2.05) is 0 Å². The van der Waals surface area contributed by atoms with Gasteiger partial charge in [-0.15, -0.1) is 0 Å². The van der Waals surface area contributed by atoms with Crippen LogP contribution >= 0.6 is 0 Å². The third-order valence-corrected chi connectivity index (χ3v) is 4.58. The number of nitrogens with zero attached hydrogens (tertiary/aromatic N) is 1. The minimum absolute atomic E-state index is 0.126. The first-order valence-corrected chi connectivity index (χ1v) is 7.85. The van der Waals surface area contributed by atoms with Gasteiger partial charge in [-0.05, 0) is 19.9 Å². The number of carboxylic acid groups (broad SMARTS) is 1. The third-order valence-electron chi connectivity index (χ3n) is 3.14. The molecule has 0 spiro atoms. The van der Waals surface area contributed by atoms with Crippen LogP contribution in [0, 0.1) is 0 Å². The molecular formula is C12H16N2O6S. The summed E-state index contributed by atoms with van der Waals surface area (Å²) in [4.78, 5) is 22.3. The van der Waals surface area contributed by atoms with Crippen LogP contribution in [0.3, 0.4) is 0 Å². The lowest BCUT2D eigenvalue weighted by Crippen LogP contribution is -2.37. The van der Waals surface area contributed by atoms with Gasteiger partial charge >= 0.3 is 11.9 Å². The Bertz CT molecular complexity index is 676. The summed E-state index contributed by atoms with van der Waals surface area (Å²) in [6, 6.07) is -0.0625. The molecule has 1 aliphatic rings. The molecule has 116 valence electrons. The second-order valence-electron chi connectivity index (χ2n) is 5.00. The van der Waals surface area contributed by atoms with E-state index in [4.69, 9.17) is 5.11 Å². The molecule has 0 amide bonds. The predicted octanol–water partition coefficient (Wildman–Crippen LogP) is 0.361. The highest BCUT2D eigenvalue weighted by Gasteiger charge is 2.32. The Balaban J connectivity index is 2.34. The fraction of sp³-hybridized carbons (Fsp3) is 0.500. The Morgan fingerprint density at radius 1 is 1.52 bits per heavy atom. The summed E-state index contributed by atoms with van der Waals surface area (Å²) in [6.45, 7) is 3.65. The number of ether oxygens (including phenoxy) is 1. The number of esters is 1. The van der Waals surface area contributed by atoms with Gasteiger partial charge < -0.3 is 14.4 Å². The lowest BCUT2D eigenvalue weighted by Gasteiger charge is -2.10. The van der Waals surface area contributed by atoms with Crippen LogP contribution < -0.4 is 4.72 Å². The maximum Gasteiger partial charge on any atom is 0.352 e. The molecule has 0 aromatic carbocycles. The van der Waals surface area contributed by atoms with Crippen LogP contribution in [0.4, 0.5) is 0 Å². The summed E-state index contributed by atoms with van der Waals surface area (Å²) in [5.41, 5.74) is -0.126. The highest BCUT2D eigenvalue weighted by molar-refractivity contribution is 7.89. The minimum atomic E-state index is -3.98. The van der Waals surface area contributed by atoms with E-state index in [1.165, 1.54) is 10.8 Å². The second kappa shape index (κ2) is 5.49. The Morgan fingerprint density at radius 2 is 2.19 bits per heavy atom. The van der Waals surface area contributed by atoms with Gasteiger partial charge in [0.2, 0.25) is 10.0 Å². The minimum Gasteiger partial charge on any atom is -0.477 e. The zero-order valence-corrected chi connectivity index (χ0v) is 12.4. The molecule has 2 heterocycles. The molecule has 2 N–H and O–H groups in total. The summed E-state index contributed by atoms with van der Waals surface area (Å²) in [7, 11) is -3.98. The SMILES string of the molecule is CC(C)n1cc(S(=O)(=O)NC2CCOC2=O)cc1C(=O)O. The van der Waals surface area contributed by atoms with Crippen molar-refractivity contribution in [3.8, 4) is 0 Å². The molecule has 1 fully saturated rings. The molecule has 21 heavy (non-hydrogen) atoms. The van der Waals surface area contributed by atoms with Gasteiger partial charge in [0.1, 0.15) is 16.6 Å². The van der Waals surface area contributed by atoms with Crippen molar-refractivity contribution >= 4 is 22.0 Å². The molecule has 1 aliphatic heterocycles. The number of nitrogens with one attached hydrogen (secondary N) is 1. The highest BCUT2D eigenvalue weighted by Crippen LogP contribution is 2.20. The van der Waals surface area contributed by atoms with Crippen LogP contribution in [0.5, 0.6) is 0 Å². The van der Waals surface area contributed by atoms with Crippen molar-refractivity contribution in [3.05, 3.63) is 18.0 Å². The lowest BCUT2D eigenvalue weighted by atomic mass is 10.3. The molecule has 1 aromatic rings. The van der Waals surface area contributed by atoms with Crippen LogP contribution in [0.15, 0.2) is 17.2 Å². The zero-order valence-electron chi connectivity index (χ0n) is 11.6. The summed E-state index contributed by atoms with van der Waals surface area (Å²) in [5, 5.41) is 9.11. The number of rotatable bonds is 5. The first-order valence-electron chi connectivity index (χ1n) is 6.36. The number of hydrogen-bond donors (Lipinski definition) is 2. The van der Waals surface area contributed by atoms with Crippen LogP contribution in [0.25, 0.3) is 0 Å². The first kappa shape index (κ1) is 15.5. The van der Waals surface area contributed by atoms with E-state index in [0.717, 1.165) is 6.07 Å². The van der Waals surface area contributed by atoms with Crippen molar-refractivity contribution in [1.29, 1.82) is 0 Å². The molecule has 0 bridgehead atoms. The van der Waals surface area contributed by atoms with E-state index in [2.05, 4.69) is 9.46 Å². The third kappa shape index (κ3) is 3.08. The topological polar surface area (TPSA) is 115 Å². The van der Waals surface area contributed by atoms with Gasteiger partial charge in [-0.25, -0.2) is 13.2 Å². The molecule has 1 aromatic heterocycles. The van der Waals surface area contributed by atoms with E-state index < -0.39 is 28.0 Å². The van der Waals surface area contributed by atoms with Crippen molar-refractivity contribution in [2.75, 3.05) is 6.61 Å². The molecule has 1 saturated heterocycles. The molecule has 2 rings (SSSR count). The molecule has 0 saturated carbocycles. The van der Waals surface area contributed by atoms with E-state index in [-0.39, 0.29) is 29.7 Å². The van der Waals surface area contributed by atoms with Crippen molar-refractivity contribution in [2.45, 2.75) is 37.2 Å².